The molecule has 0 fully saturated rings. The fourth-order valence-corrected chi connectivity index (χ4v) is 2.53. The van der Waals surface area contributed by atoms with E-state index in [1.54, 1.807) is 18.6 Å². The average molecular weight is 276 g/mol. The highest BCUT2D eigenvalue weighted by atomic mass is 15.3. The number of aromatic nitrogens is 6. The van der Waals surface area contributed by atoms with Crippen LogP contribution < -0.4 is 0 Å². The molecule has 0 aliphatic carbocycles. The van der Waals surface area contributed by atoms with Crippen LogP contribution in [0.15, 0.2) is 49.2 Å². The van der Waals surface area contributed by atoms with Crippen molar-refractivity contribution in [3.63, 3.8) is 0 Å². The Hall–Kier alpha value is -3.02. The van der Waals surface area contributed by atoms with Crippen LogP contribution in [0.1, 0.15) is 0 Å². The van der Waals surface area contributed by atoms with Gasteiger partial charge in [0.25, 0.3) is 0 Å². The molecule has 0 bridgehead atoms. The van der Waals surface area contributed by atoms with Crippen molar-refractivity contribution in [3.8, 4) is 22.4 Å². The SMILES string of the molecule is Cn1cc(-c2ccnc3[nH]ccc23)c(-c2ccnnc2)n1. The van der Waals surface area contributed by atoms with Crippen LogP contribution in [0.25, 0.3) is 33.4 Å². The summed E-state index contributed by atoms with van der Waals surface area (Å²) in [4.78, 5) is 7.47. The highest BCUT2D eigenvalue weighted by molar-refractivity contribution is 5.96. The van der Waals surface area contributed by atoms with Gasteiger partial charge in [0.15, 0.2) is 0 Å². The lowest BCUT2D eigenvalue weighted by atomic mass is 10.0. The summed E-state index contributed by atoms with van der Waals surface area (Å²) in [6.45, 7) is 0. The number of H-pyrrole nitrogens is 1. The molecule has 0 aliphatic rings. The highest BCUT2D eigenvalue weighted by Gasteiger charge is 2.15. The smallest absolute Gasteiger partial charge is 0.137 e. The molecule has 0 saturated heterocycles. The third-order valence-corrected chi connectivity index (χ3v) is 3.44. The maximum absolute atomic E-state index is 4.57. The van der Waals surface area contributed by atoms with Gasteiger partial charge in [-0.2, -0.15) is 15.3 Å². The second-order valence-electron chi connectivity index (χ2n) is 4.79. The molecule has 4 rings (SSSR count). The van der Waals surface area contributed by atoms with Gasteiger partial charge in [-0.1, -0.05) is 0 Å². The van der Waals surface area contributed by atoms with Crippen molar-refractivity contribution in [2.75, 3.05) is 0 Å². The molecule has 4 heterocycles. The summed E-state index contributed by atoms with van der Waals surface area (Å²) in [6.07, 6.45) is 9.10. The molecule has 0 spiro atoms. The topological polar surface area (TPSA) is 72.3 Å². The number of pyridine rings is 1. The predicted octanol–water partition coefficient (Wildman–Crippen LogP) is 2.42. The Morgan fingerprint density at radius 2 is 2.00 bits per heavy atom. The summed E-state index contributed by atoms with van der Waals surface area (Å²) in [5, 5.41) is 13.4. The summed E-state index contributed by atoms with van der Waals surface area (Å²) >= 11 is 0. The highest BCUT2D eigenvalue weighted by Crippen LogP contribution is 2.33. The van der Waals surface area contributed by atoms with Crippen LogP contribution in [0.4, 0.5) is 0 Å². The molecule has 6 heteroatoms. The molecular formula is C15H12N6. The molecular weight excluding hydrogens is 264 g/mol. The lowest BCUT2D eigenvalue weighted by Gasteiger charge is -2.03. The minimum atomic E-state index is 0.871. The molecule has 21 heavy (non-hydrogen) atoms. The Kier molecular flexibility index (Phi) is 2.53. The number of hydrogen-bond donors (Lipinski definition) is 1. The van der Waals surface area contributed by atoms with E-state index in [-0.39, 0.29) is 0 Å². The molecule has 4 aromatic rings. The molecule has 0 aliphatic heterocycles. The van der Waals surface area contributed by atoms with Crippen LogP contribution in [0.2, 0.25) is 0 Å². The van der Waals surface area contributed by atoms with Crippen molar-refractivity contribution in [1.82, 2.24) is 29.9 Å². The van der Waals surface area contributed by atoms with E-state index in [9.17, 15) is 0 Å². The zero-order chi connectivity index (χ0) is 14.2. The fourth-order valence-electron chi connectivity index (χ4n) is 2.53. The first-order valence-electron chi connectivity index (χ1n) is 6.56. The molecule has 0 unspecified atom stereocenters. The van der Waals surface area contributed by atoms with Crippen LogP contribution >= 0.6 is 0 Å². The van der Waals surface area contributed by atoms with Gasteiger partial charge in [0.1, 0.15) is 11.3 Å². The number of hydrogen-bond acceptors (Lipinski definition) is 4. The number of aryl methyl sites for hydroxylation is 1. The summed E-state index contributed by atoms with van der Waals surface area (Å²) in [6, 6.07) is 5.94. The van der Waals surface area contributed by atoms with E-state index in [0.717, 1.165) is 33.4 Å². The molecule has 4 aromatic heterocycles. The lowest BCUT2D eigenvalue weighted by molar-refractivity contribution is 0.770. The predicted molar refractivity (Wildman–Crippen MR) is 79.3 cm³/mol. The monoisotopic (exact) mass is 276 g/mol. The van der Waals surface area contributed by atoms with Crippen LogP contribution in [0.3, 0.4) is 0 Å². The zero-order valence-electron chi connectivity index (χ0n) is 11.4. The molecule has 6 nitrogen and oxygen atoms in total. The van der Waals surface area contributed by atoms with Gasteiger partial charge in [0.2, 0.25) is 0 Å². The standard InChI is InChI=1S/C15H12N6/c1-21-9-13(14(20-21)10-2-7-18-19-8-10)11-3-5-16-15-12(11)4-6-17-15/h2-9H,1H3,(H,16,17). The third-order valence-electron chi connectivity index (χ3n) is 3.44. The van der Waals surface area contributed by atoms with E-state index in [4.69, 9.17) is 0 Å². The minimum Gasteiger partial charge on any atom is -0.346 e. The number of fused-ring (bicyclic) bond motifs is 1. The molecule has 1 N–H and O–H groups in total. The van der Waals surface area contributed by atoms with Crippen molar-refractivity contribution < 1.29 is 0 Å². The molecule has 0 aromatic carbocycles. The second-order valence-corrected chi connectivity index (χ2v) is 4.79. The van der Waals surface area contributed by atoms with Gasteiger partial charge in [0, 0.05) is 42.2 Å². The Balaban J connectivity index is 2.00. The molecule has 0 atom stereocenters. The second kappa shape index (κ2) is 4.52. The molecule has 102 valence electrons. The summed E-state index contributed by atoms with van der Waals surface area (Å²) in [5.74, 6) is 0. The van der Waals surface area contributed by atoms with Gasteiger partial charge in [0.05, 0.1) is 12.4 Å². The van der Waals surface area contributed by atoms with E-state index in [1.165, 1.54) is 0 Å². The van der Waals surface area contributed by atoms with Crippen molar-refractivity contribution in [3.05, 3.63) is 49.2 Å². The average Bonchev–Trinajstić information content (AvgIpc) is 3.14. The first-order chi connectivity index (χ1) is 10.3. The van der Waals surface area contributed by atoms with E-state index in [0.29, 0.717) is 0 Å². The van der Waals surface area contributed by atoms with E-state index < -0.39 is 0 Å². The summed E-state index contributed by atoms with van der Waals surface area (Å²) in [5.41, 5.74) is 4.86. The molecule has 0 radical (unpaired) electrons. The summed E-state index contributed by atoms with van der Waals surface area (Å²) in [7, 11) is 1.91. The van der Waals surface area contributed by atoms with Gasteiger partial charge in [-0.25, -0.2) is 4.98 Å². The molecule has 0 amide bonds. The quantitative estimate of drug-likeness (QED) is 0.610. The number of nitrogens with zero attached hydrogens (tertiary/aromatic N) is 5. The normalized spacial score (nSPS) is 11.1. The largest absolute Gasteiger partial charge is 0.346 e. The van der Waals surface area contributed by atoms with E-state index in [1.807, 2.05) is 42.3 Å². The van der Waals surface area contributed by atoms with Crippen molar-refractivity contribution >= 4 is 11.0 Å². The van der Waals surface area contributed by atoms with Crippen LogP contribution in [-0.4, -0.2) is 29.9 Å². The Bertz CT molecular complexity index is 906. The first-order valence-corrected chi connectivity index (χ1v) is 6.56. The number of nitrogens with one attached hydrogen (secondary N) is 1. The maximum Gasteiger partial charge on any atom is 0.137 e. The lowest BCUT2D eigenvalue weighted by Crippen LogP contribution is -1.89. The van der Waals surface area contributed by atoms with Crippen LogP contribution in [0, 0.1) is 0 Å². The van der Waals surface area contributed by atoms with Gasteiger partial charge >= 0.3 is 0 Å². The molecule has 0 saturated carbocycles. The van der Waals surface area contributed by atoms with Crippen LogP contribution in [-0.2, 0) is 7.05 Å². The first kappa shape index (κ1) is 11.8. The summed E-state index contributed by atoms with van der Waals surface area (Å²) < 4.78 is 1.81. The Morgan fingerprint density at radius 3 is 2.86 bits per heavy atom. The van der Waals surface area contributed by atoms with E-state index in [2.05, 4.69) is 25.3 Å². The minimum absolute atomic E-state index is 0.871. The van der Waals surface area contributed by atoms with Crippen molar-refractivity contribution in [2.45, 2.75) is 0 Å². The van der Waals surface area contributed by atoms with Gasteiger partial charge in [-0.15, -0.1) is 0 Å². The van der Waals surface area contributed by atoms with Crippen molar-refractivity contribution in [1.29, 1.82) is 0 Å². The van der Waals surface area contributed by atoms with Gasteiger partial charge < -0.3 is 4.98 Å². The van der Waals surface area contributed by atoms with Crippen molar-refractivity contribution in [2.24, 2.45) is 7.05 Å². The Labute approximate surface area is 120 Å². The van der Waals surface area contributed by atoms with Gasteiger partial charge in [-0.05, 0) is 23.8 Å². The van der Waals surface area contributed by atoms with Gasteiger partial charge in [-0.3, -0.25) is 4.68 Å². The fraction of sp³-hybridized carbons (Fsp3) is 0.0667. The maximum atomic E-state index is 4.57. The zero-order valence-corrected chi connectivity index (χ0v) is 11.4. The number of rotatable bonds is 2. The third kappa shape index (κ3) is 1.88. The van der Waals surface area contributed by atoms with E-state index >= 15 is 0 Å². The van der Waals surface area contributed by atoms with Crippen LogP contribution in [0.5, 0.6) is 0 Å². The number of aromatic amines is 1. The Morgan fingerprint density at radius 1 is 1.05 bits per heavy atom.